The number of ether oxygens (including phenoxy) is 1. The van der Waals surface area contributed by atoms with Crippen molar-refractivity contribution in [3.05, 3.63) is 35.9 Å². The van der Waals surface area contributed by atoms with Gasteiger partial charge in [-0.3, -0.25) is 4.79 Å². The summed E-state index contributed by atoms with van der Waals surface area (Å²) in [6.07, 6.45) is 2.58. The van der Waals surface area contributed by atoms with Gasteiger partial charge in [-0.25, -0.2) is 0 Å². The van der Waals surface area contributed by atoms with E-state index in [4.69, 9.17) is 4.74 Å². The Labute approximate surface area is 126 Å². The third kappa shape index (κ3) is 3.27. The second-order valence-corrected chi connectivity index (χ2v) is 6.17. The number of benzene rings is 1. The predicted octanol–water partition coefficient (Wildman–Crippen LogP) is 1.63. The van der Waals surface area contributed by atoms with Crippen molar-refractivity contribution >= 4 is 5.97 Å². The molecule has 21 heavy (non-hydrogen) atoms. The van der Waals surface area contributed by atoms with Crippen LogP contribution in [0.5, 0.6) is 0 Å². The molecule has 0 bridgehead atoms. The highest BCUT2D eigenvalue weighted by atomic mass is 16.5. The molecule has 2 fully saturated rings. The summed E-state index contributed by atoms with van der Waals surface area (Å²) < 4.78 is 5.01. The topological polar surface area (TPSA) is 41.6 Å². The Kier molecular flexibility index (Phi) is 4.56. The smallest absolute Gasteiger partial charge is 0.314 e. The monoisotopic (exact) mass is 288 g/mol. The lowest BCUT2D eigenvalue weighted by Crippen LogP contribution is -2.41. The minimum atomic E-state index is -0.184. The maximum absolute atomic E-state index is 12.2. The number of nitrogens with zero attached hydrogens (tertiary/aromatic N) is 1. The molecule has 2 aliphatic rings. The first-order chi connectivity index (χ1) is 10.3. The molecule has 1 N–H and O–H groups in total. The number of carbonyl (C=O) groups excluding carboxylic acids is 1. The first kappa shape index (κ1) is 14.5. The molecule has 0 aromatic heterocycles. The van der Waals surface area contributed by atoms with Gasteiger partial charge in [0.25, 0.3) is 0 Å². The average molecular weight is 288 g/mol. The highest BCUT2D eigenvalue weighted by Gasteiger charge is 2.36. The number of esters is 1. The maximum atomic E-state index is 12.2. The molecule has 4 heteroatoms. The molecule has 1 aromatic rings. The Bertz CT molecular complexity index is 463. The van der Waals surface area contributed by atoms with Crippen LogP contribution in [0.15, 0.2) is 30.3 Å². The summed E-state index contributed by atoms with van der Waals surface area (Å²) in [6.45, 7) is 4.03. The Morgan fingerprint density at radius 2 is 2.19 bits per heavy atom. The molecule has 114 valence electrons. The van der Waals surface area contributed by atoms with Gasteiger partial charge in [-0.05, 0) is 30.9 Å². The predicted molar refractivity (Wildman–Crippen MR) is 82.2 cm³/mol. The van der Waals surface area contributed by atoms with E-state index in [2.05, 4.69) is 10.2 Å². The summed E-state index contributed by atoms with van der Waals surface area (Å²) in [5.41, 5.74) is 1.05. The van der Waals surface area contributed by atoms with E-state index >= 15 is 0 Å². The van der Waals surface area contributed by atoms with Gasteiger partial charge in [0, 0.05) is 25.7 Å². The second-order valence-electron chi connectivity index (χ2n) is 6.17. The highest BCUT2D eigenvalue weighted by Crippen LogP contribution is 2.27. The van der Waals surface area contributed by atoms with E-state index in [0.29, 0.717) is 6.04 Å². The fourth-order valence-electron chi connectivity index (χ4n) is 3.69. The van der Waals surface area contributed by atoms with Crippen LogP contribution in [0.3, 0.4) is 0 Å². The molecule has 0 amide bonds. The molecule has 2 aliphatic heterocycles. The van der Waals surface area contributed by atoms with Crippen LogP contribution in [0.25, 0.3) is 0 Å². The van der Waals surface area contributed by atoms with Gasteiger partial charge in [0.1, 0.15) is 0 Å². The van der Waals surface area contributed by atoms with Crippen LogP contribution in [0.2, 0.25) is 0 Å². The molecule has 3 rings (SSSR count). The first-order valence-electron chi connectivity index (χ1n) is 7.86. The molecule has 2 saturated heterocycles. The Morgan fingerprint density at radius 1 is 1.38 bits per heavy atom. The maximum Gasteiger partial charge on any atom is 0.314 e. The summed E-state index contributed by atoms with van der Waals surface area (Å²) in [7, 11) is 1.48. The number of fused-ring (bicyclic) bond motifs is 1. The molecular formula is C17H24N2O2. The van der Waals surface area contributed by atoms with E-state index < -0.39 is 0 Å². The van der Waals surface area contributed by atoms with Crippen LogP contribution in [0.1, 0.15) is 24.3 Å². The summed E-state index contributed by atoms with van der Waals surface area (Å²) in [4.78, 5) is 14.6. The fourth-order valence-corrected chi connectivity index (χ4v) is 3.69. The standard InChI is InChI=1S/C17H24N2O2/c1-21-17(20)15(13-6-3-2-4-7-13)11-19-10-14-8-5-9-18-16(14)12-19/h2-4,6-7,14-16,18H,5,8-12H2,1H3. The molecule has 0 saturated carbocycles. The quantitative estimate of drug-likeness (QED) is 0.855. The number of rotatable bonds is 4. The summed E-state index contributed by atoms with van der Waals surface area (Å²) in [6, 6.07) is 10.6. The number of piperidine rings is 1. The normalized spacial score (nSPS) is 27.1. The number of likely N-dealkylation sites (tertiary alicyclic amines) is 1. The molecule has 0 aliphatic carbocycles. The van der Waals surface area contributed by atoms with Gasteiger partial charge < -0.3 is 15.0 Å². The van der Waals surface area contributed by atoms with Gasteiger partial charge in [0.2, 0.25) is 0 Å². The van der Waals surface area contributed by atoms with Gasteiger partial charge >= 0.3 is 5.97 Å². The van der Waals surface area contributed by atoms with Crippen LogP contribution in [-0.4, -0.2) is 50.2 Å². The minimum absolute atomic E-state index is 0.135. The van der Waals surface area contributed by atoms with E-state index in [1.807, 2.05) is 30.3 Å². The molecular weight excluding hydrogens is 264 g/mol. The van der Waals surface area contributed by atoms with Crippen LogP contribution in [-0.2, 0) is 9.53 Å². The lowest BCUT2D eigenvalue weighted by molar-refractivity contribution is -0.142. The molecule has 0 radical (unpaired) electrons. The zero-order chi connectivity index (χ0) is 14.7. The Balaban J connectivity index is 1.69. The highest BCUT2D eigenvalue weighted by molar-refractivity contribution is 5.78. The number of hydrogen-bond donors (Lipinski definition) is 1. The van der Waals surface area contributed by atoms with Gasteiger partial charge in [-0.2, -0.15) is 0 Å². The SMILES string of the molecule is COC(=O)C(CN1CC2CCCNC2C1)c1ccccc1. The Hall–Kier alpha value is -1.39. The molecule has 0 spiro atoms. The van der Waals surface area contributed by atoms with Crippen molar-refractivity contribution in [1.29, 1.82) is 0 Å². The summed E-state index contributed by atoms with van der Waals surface area (Å²) >= 11 is 0. The molecule has 4 nitrogen and oxygen atoms in total. The average Bonchev–Trinajstić information content (AvgIpc) is 2.95. The molecule has 3 unspecified atom stereocenters. The third-order valence-corrected chi connectivity index (χ3v) is 4.80. The Morgan fingerprint density at radius 3 is 2.90 bits per heavy atom. The van der Waals surface area contributed by atoms with E-state index in [1.54, 1.807) is 0 Å². The molecule has 3 atom stereocenters. The third-order valence-electron chi connectivity index (χ3n) is 4.80. The van der Waals surface area contributed by atoms with Crippen molar-refractivity contribution in [2.75, 3.05) is 33.3 Å². The van der Waals surface area contributed by atoms with Gasteiger partial charge in [0.15, 0.2) is 0 Å². The lowest BCUT2D eigenvalue weighted by Gasteiger charge is -2.24. The fraction of sp³-hybridized carbons (Fsp3) is 0.588. The zero-order valence-corrected chi connectivity index (χ0v) is 12.6. The number of nitrogens with one attached hydrogen (secondary N) is 1. The number of hydrogen-bond acceptors (Lipinski definition) is 4. The van der Waals surface area contributed by atoms with Crippen LogP contribution in [0.4, 0.5) is 0 Å². The van der Waals surface area contributed by atoms with Crippen molar-refractivity contribution in [1.82, 2.24) is 10.2 Å². The van der Waals surface area contributed by atoms with E-state index in [1.165, 1.54) is 20.0 Å². The van der Waals surface area contributed by atoms with Crippen molar-refractivity contribution in [3.63, 3.8) is 0 Å². The number of methoxy groups -OCH3 is 1. The van der Waals surface area contributed by atoms with Gasteiger partial charge in [-0.1, -0.05) is 30.3 Å². The van der Waals surface area contributed by atoms with E-state index in [0.717, 1.165) is 37.7 Å². The minimum Gasteiger partial charge on any atom is -0.469 e. The second kappa shape index (κ2) is 6.58. The van der Waals surface area contributed by atoms with Crippen molar-refractivity contribution in [2.24, 2.45) is 5.92 Å². The van der Waals surface area contributed by atoms with E-state index in [-0.39, 0.29) is 11.9 Å². The van der Waals surface area contributed by atoms with Gasteiger partial charge in [-0.15, -0.1) is 0 Å². The summed E-state index contributed by atoms with van der Waals surface area (Å²) in [5.74, 6) is 0.424. The van der Waals surface area contributed by atoms with Crippen molar-refractivity contribution in [2.45, 2.75) is 24.8 Å². The molecule has 1 aromatic carbocycles. The van der Waals surface area contributed by atoms with Crippen LogP contribution < -0.4 is 5.32 Å². The first-order valence-corrected chi connectivity index (χ1v) is 7.86. The van der Waals surface area contributed by atoms with Crippen LogP contribution in [0, 0.1) is 5.92 Å². The lowest BCUT2D eigenvalue weighted by atomic mass is 9.94. The van der Waals surface area contributed by atoms with E-state index in [9.17, 15) is 4.79 Å². The van der Waals surface area contributed by atoms with Crippen molar-refractivity contribution in [3.8, 4) is 0 Å². The number of carbonyl (C=O) groups is 1. The van der Waals surface area contributed by atoms with Crippen molar-refractivity contribution < 1.29 is 9.53 Å². The largest absolute Gasteiger partial charge is 0.469 e. The molecule has 2 heterocycles. The summed E-state index contributed by atoms with van der Waals surface area (Å²) in [5, 5.41) is 3.61. The van der Waals surface area contributed by atoms with Gasteiger partial charge in [0.05, 0.1) is 13.0 Å². The van der Waals surface area contributed by atoms with Crippen LogP contribution >= 0.6 is 0 Å². The zero-order valence-electron chi connectivity index (χ0n) is 12.6.